The van der Waals surface area contributed by atoms with E-state index in [4.69, 9.17) is 80.8 Å². The molecular formula is C78H93N5O26Si. The van der Waals surface area contributed by atoms with Crippen molar-refractivity contribution in [1.82, 2.24) is 24.8 Å². The van der Waals surface area contributed by atoms with Gasteiger partial charge in [-0.2, -0.15) is 0 Å². The van der Waals surface area contributed by atoms with Gasteiger partial charge in [-0.05, 0) is 106 Å². The fraction of sp³-hybridized carbons (Fsp3) is 0.449. The van der Waals surface area contributed by atoms with E-state index in [1.165, 1.54) is 42.5 Å². The van der Waals surface area contributed by atoms with Crippen molar-refractivity contribution in [2.24, 2.45) is 0 Å². The summed E-state index contributed by atoms with van der Waals surface area (Å²) in [6.45, 7) is 17.3. The van der Waals surface area contributed by atoms with Crippen molar-refractivity contribution in [3.05, 3.63) is 123 Å². The Labute approximate surface area is 639 Å². The van der Waals surface area contributed by atoms with Crippen molar-refractivity contribution in [2.75, 3.05) is 119 Å². The van der Waals surface area contributed by atoms with E-state index >= 15 is 0 Å². The van der Waals surface area contributed by atoms with Gasteiger partial charge in [0.15, 0.2) is 39.6 Å². The minimum absolute atomic E-state index is 0.0109. The predicted octanol–water partition coefficient (Wildman–Crippen LogP) is 7.04. The second-order valence-corrected chi connectivity index (χ2v) is 28.5. The van der Waals surface area contributed by atoms with E-state index in [1.54, 1.807) is 97.2 Å². The normalized spacial score (nSPS) is 10.6. The number of rotatable bonds is 42. The van der Waals surface area contributed by atoms with Crippen LogP contribution in [0.25, 0.3) is 0 Å². The SMILES string of the molecule is CCOC(=O)COc1cc(OCC(=O)OCC)c(C#Cc2cc(CN(CC(=O)OCC)Cc3cc(C#Cc4c(OCC(=O)OCC)cc(OCC(=O)OCC)cc4OCC(=O)OCC)cc(C(=O)OCC)n3)nc(CN(CC(=O)OCC)Cc3cc(C#C[Si](C)(C)C)cc(C(=O)OCC)n3)c2)c(OCC(=O)OCC)c1. The smallest absolute Gasteiger partial charge is 0.356 e. The molecule has 0 unspecified atom stereocenters. The van der Waals surface area contributed by atoms with Crippen LogP contribution in [0.15, 0.2) is 60.7 Å². The van der Waals surface area contributed by atoms with E-state index in [-0.39, 0.29) is 184 Å². The molecule has 0 saturated heterocycles. The number of hydrogen-bond acceptors (Lipinski definition) is 31. The summed E-state index contributed by atoms with van der Waals surface area (Å²) >= 11 is 0. The maximum absolute atomic E-state index is 13.9. The second kappa shape index (κ2) is 47.1. The number of carbonyl (C=O) groups is 10. The molecule has 5 rings (SSSR count). The molecule has 0 N–H and O–H groups in total. The first-order chi connectivity index (χ1) is 52.7. The van der Waals surface area contributed by atoms with Gasteiger partial charge in [0.05, 0.1) is 102 Å². The average Bonchev–Trinajstić information content (AvgIpc) is 0.819. The molecule has 2 aromatic carbocycles. The van der Waals surface area contributed by atoms with Gasteiger partial charge in [0.25, 0.3) is 0 Å². The van der Waals surface area contributed by atoms with Gasteiger partial charge < -0.3 is 75.8 Å². The maximum atomic E-state index is 13.9. The number of pyridine rings is 3. The fourth-order valence-electron chi connectivity index (χ4n) is 9.59. The molecular weight excluding hydrogens is 1450 g/mol. The summed E-state index contributed by atoms with van der Waals surface area (Å²) in [5.74, 6) is 7.42. The summed E-state index contributed by atoms with van der Waals surface area (Å²) < 4.78 is 87.9. The molecule has 590 valence electrons. The van der Waals surface area contributed by atoms with Gasteiger partial charge in [-0.1, -0.05) is 49.2 Å². The molecule has 0 saturated carbocycles. The van der Waals surface area contributed by atoms with E-state index in [2.05, 4.69) is 64.8 Å². The Hall–Kier alpha value is -11.8. The Balaban J connectivity index is 1.83. The first-order valence-electron chi connectivity index (χ1n) is 35.5. The van der Waals surface area contributed by atoms with Crippen LogP contribution in [0.1, 0.15) is 141 Å². The number of carbonyl (C=O) groups excluding carboxylic acids is 10. The molecule has 0 bridgehead atoms. The highest BCUT2D eigenvalue weighted by Crippen LogP contribution is 2.36. The van der Waals surface area contributed by atoms with Gasteiger partial charge in [0.2, 0.25) is 0 Å². The van der Waals surface area contributed by atoms with E-state index in [1.807, 2.05) is 0 Å². The summed E-state index contributed by atoms with van der Waals surface area (Å²) in [5, 5.41) is 0. The highest BCUT2D eigenvalue weighted by atomic mass is 28.3. The summed E-state index contributed by atoms with van der Waals surface area (Å²) in [5.41, 5.74) is 4.70. The van der Waals surface area contributed by atoms with Crippen LogP contribution < -0.4 is 28.4 Å². The lowest BCUT2D eigenvalue weighted by Crippen LogP contribution is -2.32. The number of benzene rings is 2. The topological polar surface area (TPSA) is 364 Å². The molecule has 0 atom stereocenters. The molecule has 0 aliphatic heterocycles. The van der Waals surface area contributed by atoms with Gasteiger partial charge in [0.1, 0.15) is 65.1 Å². The summed E-state index contributed by atoms with van der Waals surface area (Å²) in [6, 6.07) is 14.6. The van der Waals surface area contributed by atoms with Crippen molar-refractivity contribution in [1.29, 1.82) is 0 Å². The molecule has 3 aromatic heterocycles. The van der Waals surface area contributed by atoms with Crippen LogP contribution in [0.2, 0.25) is 19.6 Å². The molecule has 0 radical (unpaired) electrons. The van der Waals surface area contributed by atoms with Gasteiger partial charge in [-0.25, -0.2) is 48.3 Å². The number of aromatic nitrogens is 3. The summed E-state index contributed by atoms with van der Waals surface area (Å²) in [6.07, 6.45) is 0. The lowest BCUT2D eigenvalue weighted by atomic mass is 10.1. The zero-order valence-electron chi connectivity index (χ0n) is 64.2. The zero-order valence-corrected chi connectivity index (χ0v) is 65.2. The first kappa shape index (κ1) is 88.8. The van der Waals surface area contributed by atoms with Crippen molar-refractivity contribution < 1.29 is 124 Å². The molecule has 0 aliphatic rings. The summed E-state index contributed by atoms with van der Waals surface area (Å²) in [4.78, 5) is 149. The number of ether oxygens (including phenoxy) is 16. The van der Waals surface area contributed by atoms with Crippen molar-refractivity contribution in [3.8, 4) is 69.6 Å². The van der Waals surface area contributed by atoms with Crippen LogP contribution in [0.4, 0.5) is 0 Å². The molecule has 32 heteroatoms. The Morgan fingerprint density at radius 1 is 0.309 bits per heavy atom. The Bertz CT molecular complexity index is 4150. The van der Waals surface area contributed by atoms with Crippen LogP contribution in [-0.4, -0.2) is 211 Å². The molecule has 0 fully saturated rings. The molecule has 5 aromatic rings. The molecule has 0 amide bonds. The van der Waals surface area contributed by atoms with Gasteiger partial charge >= 0.3 is 59.7 Å². The Kier molecular flexibility index (Phi) is 38.0. The third kappa shape index (κ3) is 32.3. The third-order valence-corrected chi connectivity index (χ3v) is 14.6. The van der Waals surface area contributed by atoms with Crippen LogP contribution in [0.5, 0.6) is 34.5 Å². The number of nitrogens with zero attached hydrogens (tertiary/aromatic N) is 5. The first-order valence-corrected chi connectivity index (χ1v) is 39.0. The molecule has 31 nitrogen and oxygen atoms in total. The van der Waals surface area contributed by atoms with E-state index in [0.717, 1.165) is 0 Å². The van der Waals surface area contributed by atoms with Crippen LogP contribution in [-0.2, 0) is 112 Å². The standard InChI is InChI=1S/C78H93N5O26Si/c1-14-94-69(84)44-82(42-57-32-53(34-63(80-57)77(92)102-22-9)25-27-62-67(108-50-75(90)100-20-7)38-60(105-47-72(87)97-17-4)39-68(62)109-51-76(91)101-21-8)40-55-30-52(24-26-61-65(106-48-73(88)98-18-5)36-59(104-46-71(86)96-16-3)37-66(61)107-49-74(89)99-19-6)31-56(79-55)41-83(45-70(85)95-15-2)43-58-33-54(28-29-110(11,12)13)35-64(81-58)78(93)103-23-10/h30-39H,14-23,40-51H2,1-13H3. The molecule has 3 heterocycles. The van der Waals surface area contributed by atoms with Crippen molar-refractivity contribution in [2.45, 2.75) is 115 Å². The average molecular weight is 1540 g/mol. The lowest BCUT2D eigenvalue weighted by Gasteiger charge is -2.23. The van der Waals surface area contributed by atoms with E-state index in [0.29, 0.717) is 11.3 Å². The van der Waals surface area contributed by atoms with Crippen molar-refractivity contribution in [3.63, 3.8) is 0 Å². The fourth-order valence-corrected chi connectivity index (χ4v) is 10.1. The third-order valence-electron chi connectivity index (χ3n) is 13.8. The van der Waals surface area contributed by atoms with Gasteiger partial charge in [0, 0.05) is 67.1 Å². The van der Waals surface area contributed by atoms with Crippen molar-refractivity contribution >= 4 is 67.8 Å². The summed E-state index contributed by atoms with van der Waals surface area (Å²) in [7, 11) is -1.98. The molecule has 0 spiro atoms. The van der Waals surface area contributed by atoms with Crippen LogP contribution in [0, 0.1) is 35.1 Å². The lowest BCUT2D eigenvalue weighted by molar-refractivity contribution is -0.146. The van der Waals surface area contributed by atoms with Gasteiger partial charge in [-0.3, -0.25) is 24.4 Å². The zero-order chi connectivity index (χ0) is 80.5. The number of hydrogen-bond donors (Lipinski definition) is 0. The Morgan fingerprint density at radius 3 is 0.845 bits per heavy atom. The Morgan fingerprint density at radius 2 is 0.564 bits per heavy atom. The minimum Gasteiger partial charge on any atom is -0.482 e. The molecule has 0 aliphatic carbocycles. The monoisotopic (exact) mass is 1540 g/mol. The minimum atomic E-state index is -1.98. The highest BCUT2D eigenvalue weighted by Gasteiger charge is 2.25. The largest absolute Gasteiger partial charge is 0.482 e. The second-order valence-electron chi connectivity index (χ2n) is 23.8. The quantitative estimate of drug-likeness (QED) is 0.0164. The van der Waals surface area contributed by atoms with Gasteiger partial charge in [-0.15, -0.1) is 5.54 Å². The van der Waals surface area contributed by atoms with Crippen LogP contribution >= 0.6 is 0 Å². The predicted molar refractivity (Wildman–Crippen MR) is 394 cm³/mol. The molecule has 110 heavy (non-hydrogen) atoms. The van der Waals surface area contributed by atoms with Crippen LogP contribution in [0.3, 0.4) is 0 Å². The maximum Gasteiger partial charge on any atom is 0.356 e. The van der Waals surface area contributed by atoms with E-state index < -0.39 is 114 Å². The van der Waals surface area contributed by atoms with E-state index in [9.17, 15) is 47.9 Å². The number of esters is 10. The highest BCUT2D eigenvalue weighted by molar-refractivity contribution is 6.83.